The molecule has 4 nitrogen and oxygen atoms in total. The van der Waals surface area contributed by atoms with Gasteiger partial charge in [-0.25, -0.2) is 0 Å². The van der Waals surface area contributed by atoms with Crippen LogP contribution < -0.4 is 0 Å². The van der Waals surface area contributed by atoms with Gasteiger partial charge in [0.15, 0.2) is 5.76 Å². The Morgan fingerprint density at radius 1 is 1.47 bits per heavy atom. The minimum Gasteiger partial charge on any atom is -0.460 e. The van der Waals surface area contributed by atoms with Crippen molar-refractivity contribution in [2.45, 2.75) is 26.2 Å². The van der Waals surface area contributed by atoms with Crippen molar-refractivity contribution in [2.24, 2.45) is 0 Å². The Labute approximate surface area is 111 Å². The highest BCUT2D eigenvalue weighted by Gasteiger charge is 2.29. The maximum atomic E-state index is 12.3. The van der Waals surface area contributed by atoms with Crippen LogP contribution in [0.15, 0.2) is 21.2 Å². The maximum Gasteiger partial charge on any atom is 0.242 e. The Morgan fingerprint density at radius 2 is 2.18 bits per heavy atom. The van der Waals surface area contributed by atoms with Crippen LogP contribution in [-0.4, -0.2) is 15.4 Å². The van der Waals surface area contributed by atoms with Crippen molar-refractivity contribution in [2.75, 3.05) is 0 Å². The summed E-state index contributed by atoms with van der Waals surface area (Å²) >= 11 is 4.38. The van der Waals surface area contributed by atoms with Crippen molar-refractivity contribution in [3.63, 3.8) is 0 Å². The molecule has 0 unspecified atom stereocenters. The largest absolute Gasteiger partial charge is 0.460 e. The SMILES string of the molecule is CC(C)(C)c1nnsc1C(=O)c1occc1Br. The first-order valence-corrected chi connectivity index (χ1v) is 6.58. The van der Waals surface area contributed by atoms with Crippen LogP contribution in [0, 0.1) is 0 Å². The second-order valence-electron chi connectivity index (χ2n) is 4.63. The predicted molar refractivity (Wildman–Crippen MR) is 68.4 cm³/mol. The van der Waals surface area contributed by atoms with E-state index in [-0.39, 0.29) is 11.2 Å². The molecule has 2 aromatic rings. The zero-order valence-electron chi connectivity index (χ0n) is 9.65. The van der Waals surface area contributed by atoms with Crippen LogP contribution in [0.25, 0.3) is 0 Å². The molecule has 90 valence electrons. The van der Waals surface area contributed by atoms with E-state index >= 15 is 0 Å². The van der Waals surface area contributed by atoms with Gasteiger partial charge in [0.2, 0.25) is 5.78 Å². The standard InChI is InChI=1S/C11H11BrN2O2S/c1-11(2,3)10-9(17-14-13-10)7(15)8-6(12)4-5-16-8/h4-5H,1-3H3. The molecular formula is C11H11BrN2O2S. The fourth-order valence-electron chi connectivity index (χ4n) is 1.39. The molecule has 0 aliphatic heterocycles. The highest BCUT2D eigenvalue weighted by Crippen LogP contribution is 2.29. The van der Waals surface area contributed by atoms with Crippen LogP contribution in [0.1, 0.15) is 41.9 Å². The lowest BCUT2D eigenvalue weighted by Gasteiger charge is -2.15. The molecule has 0 bridgehead atoms. The third-order valence-corrected chi connectivity index (χ3v) is 3.58. The molecule has 0 N–H and O–H groups in total. The van der Waals surface area contributed by atoms with Gasteiger partial charge in [0.25, 0.3) is 0 Å². The first-order chi connectivity index (χ1) is 7.91. The predicted octanol–water partition coefficient (Wildman–Crippen LogP) is 3.42. The van der Waals surface area contributed by atoms with Crippen LogP contribution in [0.2, 0.25) is 0 Å². The van der Waals surface area contributed by atoms with E-state index in [1.165, 1.54) is 6.26 Å². The number of carbonyl (C=O) groups excluding carboxylic acids is 1. The van der Waals surface area contributed by atoms with Crippen molar-refractivity contribution < 1.29 is 9.21 Å². The van der Waals surface area contributed by atoms with Crippen molar-refractivity contribution in [3.05, 3.63) is 33.1 Å². The van der Waals surface area contributed by atoms with Gasteiger partial charge < -0.3 is 4.42 Å². The van der Waals surface area contributed by atoms with E-state index in [0.717, 1.165) is 11.5 Å². The molecule has 0 aliphatic carbocycles. The molecule has 2 heterocycles. The normalized spacial score (nSPS) is 11.8. The number of furan rings is 1. The molecule has 0 atom stereocenters. The summed E-state index contributed by atoms with van der Waals surface area (Å²) in [5.41, 5.74) is 0.493. The zero-order chi connectivity index (χ0) is 12.6. The van der Waals surface area contributed by atoms with Crippen LogP contribution in [0.5, 0.6) is 0 Å². The van der Waals surface area contributed by atoms with E-state index in [2.05, 4.69) is 25.5 Å². The second-order valence-corrected chi connectivity index (χ2v) is 6.24. The highest BCUT2D eigenvalue weighted by atomic mass is 79.9. The summed E-state index contributed by atoms with van der Waals surface area (Å²) < 4.78 is 9.68. The van der Waals surface area contributed by atoms with Gasteiger partial charge in [-0.05, 0) is 33.5 Å². The first-order valence-electron chi connectivity index (χ1n) is 5.02. The Balaban J connectivity index is 2.46. The van der Waals surface area contributed by atoms with Crippen molar-refractivity contribution >= 4 is 33.2 Å². The number of ketones is 1. The van der Waals surface area contributed by atoms with E-state index < -0.39 is 0 Å². The van der Waals surface area contributed by atoms with Gasteiger partial charge in [0.05, 0.1) is 16.4 Å². The molecule has 6 heteroatoms. The minimum absolute atomic E-state index is 0.179. The lowest BCUT2D eigenvalue weighted by molar-refractivity contribution is 0.101. The number of halogens is 1. The lowest BCUT2D eigenvalue weighted by Crippen LogP contribution is -2.16. The summed E-state index contributed by atoms with van der Waals surface area (Å²) in [7, 11) is 0. The van der Waals surface area contributed by atoms with Crippen molar-refractivity contribution in [1.82, 2.24) is 9.59 Å². The Morgan fingerprint density at radius 3 is 2.71 bits per heavy atom. The zero-order valence-corrected chi connectivity index (χ0v) is 12.1. The summed E-state index contributed by atoms with van der Waals surface area (Å²) in [4.78, 5) is 12.8. The van der Waals surface area contributed by atoms with Crippen molar-refractivity contribution in [1.29, 1.82) is 0 Å². The van der Waals surface area contributed by atoms with E-state index in [1.54, 1.807) is 6.07 Å². The molecule has 2 aromatic heterocycles. The molecule has 17 heavy (non-hydrogen) atoms. The number of carbonyl (C=O) groups is 1. The van der Waals surface area contributed by atoms with Gasteiger partial charge in [-0.1, -0.05) is 25.3 Å². The van der Waals surface area contributed by atoms with E-state index in [9.17, 15) is 4.79 Å². The topological polar surface area (TPSA) is 56.0 Å². The Bertz CT molecular complexity index is 554. The lowest BCUT2D eigenvalue weighted by atomic mass is 9.90. The fraction of sp³-hybridized carbons (Fsp3) is 0.364. The van der Waals surface area contributed by atoms with E-state index in [4.69, 9.17) is 4.42 Å². The molecule has 0 fully saturated rings. The number of nitrogens with zero attached hydrogens (tertiary/aromatic N) is 2. The molecule has 0 aliphatic rings. The van der Waals surface area contributed by atoms with Crippen LogP contribution in [0.3, 0.4) is 0 Å². The van der Waals surface area contributed by atoms with Gasteiger partial charge >= 0.3 is 0 Å². The van der Waals surface area contributed by atoms with Gasteiger partial charge in [-0.15, -0.1) is 5.10 Å². The highest BCUT2D eigenvalue weighted by molar-refractivity contribution is 9.10. The second kappa shape index (κ2) is 4.34. The summed E-state index contributed by atoms with van der Waals surface area (Å²) in [6.45, 7) is 5.99. The third-order valence-electron chi connectivity index (χ3n) is 2.23. The van der Waals surface area contributed by atoms with Gasteiger partial charge in [0, 0.05) is 5.41 Å². The number of hydrogen-bond acceptors (Lipinski definition) is 5. The Hall–Kier alpha value is -1.01. The maximum absolute atomic E-state index is 12.3. The molecule has 0 saturated heterocycles. The summed E-state index contributed by atoms with van der Waals surface area (Å²) in [6.07, 6.45) is 1.47. The molecule has 0 spiro atoms. The van der Waals surface area contributed by atoms with Crippen LogP contribution in [0.4, 0.5) is 0 Å². The molecule has 0 saturated carbocycles. The summed E-state index contributed by atoms with van der Waals surface area (Å²) in [6, 6.07) is 1.69. The average molecular weight is 315 g/mol. The average Bonchev–Trinajstić information content (AvgIpc) is 2.82. The number of aromatic nitrogens is 2. The molecular weight excluding hydrogens is 304 g/mol. The van der Waals surface area contributed by atoms with Gasteiger partial charge in [-0.2, -0.15) is 0 Å². The van der Waals surface area contributed by atoms with E-state index in [0.29, 0.717) is 20.8 Å². The number of hydrogen-bond donors (Lipinski definition) is 0. The smallest absolute Gasteiger partial charge is 0.242 e. The fourth-order valence-corrected chi connectivity index (χ4v) is 2.58. The van der Waals surface area contributed by atoms with Gasteiger partial charge in [-0.3, -0.25) is 4.79 Å². The molecule has 0 aromatic carbocycles. The van der Waals surface area contributed by atoms with Crippen LogP contribution >= 0.6 is 27.5 Å². The number of rotatable bonds is 2. The van der Waals surface area contributed by atoms with Crippen LogP contribution in [-0.2, 0) is 5.41 Å². The summed E-state index contributed by atoms with van der Waals surface area (Å²) in [5, 5.41) is 4.04. The monoisotopic (exact) mass is 314 g/mol. The van der Waals surface area contributed by atoms with Gasteiger partial charge in [0.1, 0.15) is 4.88 Å². The minimum atomic E-state index is -0.211. The van der Waals surface area contributed by atoms with Crippen molar-refractivity contribution in [3.8, 4) is 0 Å². The molecule has 0 amide bonds. The van der Waals surface area contributed by atoms with E-state index in [1.807, 2.05) is 20.8 Å². The summed E-state index contributed by atoms with van der Waals surface area (Å²) in [5.74, 6) is 0.114. The quantitative estimate of drug-likeness (QED) is 0.797. The third kappa shape index (κ3) is 2.32. The molecule has 2 rings (SSSR count). The first kappa shape index (κ1) is 12.4. The molecule has 0 radical (unpaired) electrons. The Kier molecular flexibility index (Phi) is 3.18.